The molecule has 2 fully saturated rings. The number of ether oxygens (including phenoxy) is 1. The standard InChI is InChI=1S/C23H26N4O5/c1-23(18-9-5-7-16-6-3-4-8-17(16)18)21(30)27(22(31)24-23)15-19(28)25(2)14-20(29)26-10-12-32-13-11-26/h3-9H,10-15H2,1-2H3,(H,24,31)/t23-/m0/s1. The van der Waals surface area contributed by atoms with Gasteiger partial charge in [-0.05, 0) is 23.3 Å². The number of nitrogens with one attached hydrogen (secondary N) is 1. The van der Waals surface area contributed by atoms with E-state index in [-0.39, 0.29) is 12.5 Å². The molecular formula is C23H26N4O5. The van der Waals surface area contributed by atoms with Gasteiger partial charge in [-0.1, -0.05) is 42.5 Å². The molecular weight excluding hydrogens is 412 g/mol. The molecule has 1 atom stereocenters. The average molecular weight is 438 g/mol. The first-order valence-corrected chi connectivity index (χ1v) is 10.5. The molecule has 9 nitrogen and oxygen atoms in total. The van der Waals surface area contributed by atoms with Crippen LogP contribution in [0.2, 0.25) is 0 Å². The van der Waals surface area contributed by atoms with E-state index in [0.29, 0.717) is 31.9 Å². The van der Waals surface area contributed by atoms with Crippen molar-refractivity contribution in [1.29, 1.82) is 0 Å². The lowest BCUT2D eigenvalue weighted by Gasteiger charge is -2.29. The van der Waals surface area contributed by atoms with E-state index in [1.807, 2.05) is 36.4 Å². The Morgan fingerprint density at radius 1 is 1.09 bits per heavy atom. The van der Waals surface area contributed by atoms with Gasteiger partial charge in [0, 0.05) is 20.1 Å². The molecule has 2 aromatic carbocycles. The molecule has 0 bridgehead atoms. The predicted octanol–water partition coefficient (Wildman–Crippen LogP) is 0.924. The van der Waals surface area contributed by atoms with Crippen LogP contribution in [0.25, 0.3) is 10.8 Å². The number of morpholine rings is 1. The van der Waals surface area contributed by atoms with Crippen molar-refractivity contribution in [3.8, 4) is 0 Å². The van der Waals surface area contributed by atoms with Crippen LogP contribution in [0.15, 0.2) is 42.5 Å². The third kappa shape index (κ3) is 3.91. The predicted molar refractivity (Wildman–Crippen MR) is 117 cm³/mol. The van der Waals surface area contributed by atoms with Gasteiger partial charge in [0.1, 0.15) is 12.1 Å². The van der Waals surface area contributed by atoms with Gasteiger partial charge in [-0.25, -0.2) is 4.79 Å². The summed E-state index contributed by atoms with van der Waals surface area (Å²) in [4.78, 5) is 54.9. The van der Waals surface area contributed by atoms with Gasteiger partial charge in [0.25, 0.3) is 5.91 Å². The summed E-state index contributed by atoms with van der Waals surface area (Å²) in [5.41, 5.74) is -0.625. The van der Waals surface area contributed by atoms with E-state index in [2.05, 4.69) is 5.32 Å². The van der Waals surface area contributed by atoms with E-state index >= 15 is 0 Å². The van der Waals surface area contributed by atoms with Crippen molar-refractivity contribution < 1.29 is 23.9 Å². The summed E-state index contributed by atoms with van der Waals surface area (Å²) in [6.45, 7) is 3.00. The number of nitrogens with zero attached hydrogens (tertiary/aromatic N) is 3. The molecule has 4 rings (SSSR count). The number of imide groups is 1. The Kier molecular flexibility index (Phi) is 5.84. The number of urea groups is 1. The highest BCUT2D eigenvalue weighted by Gasteiger charge is 2.50. The Hall–Kier alpha value is -3.46. The second kappa shape index (κ2) is 8.58. The molecule has 0 aliphatic carbocycles. The summed E-state index contributed by atoms with van der Waals surface area (Å²) in [5.74, 6) is -1.18. The van der Waals surface area contributed by atoms with E-state index < -0.39 is 29.9 Å². The van der Waals surface area contributed by atoms with E-state index in [9.17, 15) is 19.2 Å². The third-order valence-electron chi connectivity index (χ3n) is 6.06. The van der Waals surface area contributed by atoms with Gasteiger partial charge in [0.15, 0.2) is 0 Å². The highest BCUT2D eigenvalue weighted by Crippen LogP contribution is 2.33. The Bertz CT molecular complexity index is 1080. The number of carbonyl (C=O) groups is 4. The zero-order chi connectivity index (χ0) is 22.9. The second-order valence-corrected chi connectivity index (χ2v) is 8.22. The van der Waals surface area contributed by atoms with E-state index in [1.54, 1.807) is 17.9 Å². The molecule has 0 aromatic heterocycles. The second-order valence-electron chi connectivity index (χ2n) is 8.22. The first-order chi connectivity index (χ1) is 15.3. The molecule has 2 heterocycles. The number of hydrogen-bond donors (Lipinski definition) is 1. The van der Waals surface area contributed by atoms with Crippen LogP contribution in [0.1, 0.15) is 12.5 Å². The van der Waals surface area contributed by atoms with Crippen LogP contribution in [0.4, 0.5) is 4.79 Å². The molecule has 0 spiro atoms. The first-order valence-electron chi connectivity index (χ1n) is 10.5. The summed E-state index contributed by atoms with van der Waals surface area (Å²) >= 11 is 0. The number of likely N-dealkylation sites (N-methyl/N-ethyl adjacent to an activating group) is 1. The fraction of sp³-hybridized carbons (Fsp3) is 0.391. The molecule has 32 heavy (non-hydrogen) atoms. The molecule has 2 saturated heterocycles. The lowest BCUT2D eigenvalue weighted by molar-refractivity contribution is -0.143. The van der Waals surface area contributed by atoms with Crippen LogP contribution >= 0.6 is 0 Å². The number of amides is 5. The van der Waals surface area contributed by atoms with Gasteiger partial charge in [-0.2, -0.15) is 0 Å². The van der Waals surface area contributed by atoms with E-state index in [1.165, 1.54) is 11.9 Å². The summed E-state index contributed by atoms with van der Waals surface area (Å²) in [5, 5.41) is 4.56. The van der Waals surface area contributed by atoms with Crippen molar-refractivity contribution in [2.75, 3.05) is 46.4 Å². The molecule has 168 valence electrons. The van der Waals surface area contributed by atoms with Gasteiger partial charge < -0.3 is 19.9 Å². The Morgan fingerprint density at radius 2 is 1.78 bits per heavy atom. The van der Waals surface area contributed by atoms with E-state index in [4.69, 9.17) is 4.74 Å². The van der Waals surface area contributed by atoms with Crippen LogP contribution in [0.3, 0.4) is 0 Å². The van der Waals surface area contributed by atoms with Crippen molar-refractivity contribution in [3.63, 3.8) is 0 Å². The monoisotopic (exact) mass is 438 g/mol. The number of carbonyl (C=O) groups excluding carboxylic acids is 4. The SMILES string of the molecule is CN(CC(=O)N1CCOCC1)C(=O)CN1C(=O)N[C@@](C)(c2cccc3ccccc23)C1=O. The first kappa shape index (κ1) is 21.8. The summed E-state index contributed by atoms with van der Waals surface area (Å²) in [6, 6.07) is 12.6. The Balaban J connectivity index is 1.48. The number of rotatable bonds is 5. The Labute approximate surface area is 185 Å². The fourth-order valence-corrected chi connectivity index (χ4v) is 4.14. The van der Waals surface area contributed by atoms with Crippen molar-refractivity contribution in [2.45, 2.75) is 12.5 Å². The summed E-state index contributed by atoms with van der Waals surface area (Å²) in [7, 11) is 1.49. The van der Waals surface area contributed by atoms with Crippen LogP contribution in [-0.4, -0.2) is 84.9 Å². The zero-order valence-electron chi connectivity index (χ0n) is 18.2. The maximum absolute atomic E-state index is 13.3. The minimum atomic E-state index is -1.29. The lowest BCUT2D eigenvalue weighted by atomic mass is 9.88. The molecule has 2 aliphatic rings. The van der Waals surface area contributed by atoms with Crippen molar-refractivity contribution in [3.05, 3.63) is 48.0 Å². The average Bonchev–Trinajstić information content (AvgIpc) is 3.02. The minimum Gasteiger partial charge on any atom is -0.378 e. The molecule has 0 radical (unpaired) electrons. The van der Waals surface area contributed by atoms with E-state index in [0.717, 1.165) is 15.7 Å². The lowest BCUT2D eigenvalue weighted by Crippen LogP contribution is -2.48. The van der Waals surface area contributed by atoms with Gasteiger partial charge in [0.05, 0.1) is 19.8 Å². The molecule has 0 unspecified atom stereocenters. The smallest absolute Gasteiger partial charge is 0.325 e. The minimum absolute atomic E-state index is 0.122. The number of fused-ring (bicyclic) bond motifs is 1. The molecule has 5 amide bonds. The summed E-state index contributed by atoms with van der Waals surface area (Å²) < 4.78 is 5.23. The largest absolute Gasteiger partial charge is 0.378 e. The maximum Gasteiger partial charge on any atom is 0.325 e. The normalized spacial score (nSPS) is 21.1. The van der Waals surface area contributed by atoms with Crippen LogP contribution in [0.5, 0.6) is 0 Å². The van der Waals surface area contributed by atoms with Crippen LogP contribution in [-0.2, 0) is 24.7 Å². The highest BCUT2D eigenvalue weighted by molar-refractivity contribution is 6.10. The molecule has 2 aliphatic heterocycles. The van der Waals surface area contributed by atoms with Crippen molar-refractivity contribution >= 4 is 34.5 Å². The quantitative estimate of drug-likeness (QED) is 0.700. The topological polar surface area (TPSA) is 99.3 Å². The van der Waals surface area contributed by atoms with Crippen molar-refractivity contribution in [1.82, 2.24) is 20.0 Å². The molecule has 2 aromatic rings. The van der Waals surface area contributed by atoms with Gasteiger partial charge >= 0.3 is 6.03 Å². The van der Waals surface area contributed by atoms with Crippen molar-refractivity contribution in [2.24, 2.45) is 0 Å². The third-order valence-corrected chi connectivity index (χ3v) is 6.06. The van der Waals surface area contributed by atoms with Crippen LogP contribution < -0.4 is 5.32 Å². The van der Waals surface area contributed by atoms with Gasteiger partial charge in [0.2, 0.25) is 11.8 Å². The zero-order valence-corrected chi connectivity index (χ0v) is 18.2. The van der Waals surface area contributed by atoms with Gasteiger partial charge in [-0.3, -0.25) is 19.3 Å². The highest BCUT2D eigenvalue weighted by atomic mass is 16.5. The molecule has 0 saturated carbocycles. The number of hydrogen-bond acceptors (Lipinski definition) is 5. The molecule has 1 N–H and O–H groups in total. The molecule has 9 heteroatoms. The fourth-order valence-electron chi connectivity index (χ4n) is 4.14. The van der Waals surface area contributed by atoms with Gasteiger partial charge in [-0.15, -0.1) is 0 Å². The maximum atomic E-state index is 13.3. The Morgan fingerprint density at radius 3 is 2.53 bits per heavy atom. The summed E-state index contributed by atoms with van der Waals surface area (Å²) in [6.07, 6.45) is 0. The van der Waals surface area contributed by atoms with Crippen LogP contribution in [0, 0.1) is 0 Å². The number of benzene rings is 2.